The molecule has 0 saturated carbocycles. The molecule has 13 heavy (non-hydrogen) atoms. The van der Waals surface area contributed by atoms with Gasteiger partial charge in [-0.2, -0.15) is 0 Å². The van der Waals surface area contributed by atoms with Gasteiger partial charge in [0.05, 0.1) is 17.0 Å². The maximum Gasteiger partial charge on any atom is 0.155 e. The van der Waals surface area contributed by atoms with E-state index in [-0.39, 0.29) is 24.5 Å². The zero-order valence-electron chi connectivity index (χ0n) is 8.33. The van der Waals surface area contributed by atoms with E-state index in [0.717, 1.165) is 0 Å². The molecule has 0 spiro atoms. The van der Waals surface area contributed by atoms with Gasteiger partial charge < -0.3 is 5.73 Å². The van der Waals surface area contributed by atoms with Crippen LogP contribution in [0.15, 0.2) is 0 Å². The highest BCUT2D eigenvalue weighted by Gasteiger charge is 2.28. The first-order chi connectivity index (χ1) is 5.70. The zero-order valence-corrected chi connectivity index (χ0v) is 9.15. The van der Waals surface area contributed by atoms with Gasteiger partial charge in [-0.3, -0.25) is 4.79 Å². The monoisotopic (exact) mass is 207 g/mol. The Morgan fingerprint density at radius 1 is 1.31 bits per heavy atom. The van der Waals surface area contributed by atoms with Gasteiger partial charge in [0.15, 0.2) is 9.84 Å². The molecule has 0 aliphatic heterocycles. The van der Waals surface area contributed by atoms with Crippen LogP contribution in [0.1, 0.15) is 27.2 Å². The van der Waals surface area contributed by atoms with Crippen LogP contribution in [0.4, 0.5) is 0 Å². The molecule has 5 heteroatoms. The topological polar surface area (TPSA) is 77.2 Å². The van der Waals surface area contributed by atoms with E-state index in [1.165, 1.54) is 0 Å². The predicted molar refractivity (Wildman–Crippen MR) is 52.2 cm³/mol. The lowest BCUT2D eigenvalue weighted by Crippen LogP contribution is -2.31. The van der Waals surface area contributed by atoms with Crippen molar-refractivity contribution >= 4 is 15.6 Å². The standard InChI is InChI=1S/C8H17NO3S/c1-8(2,3)13(11,12)5-4-7(10)6-9/h4-6,9H2,1-3H3. The van der Waals surface area contributed by atoms with Crippen LogP contribution in [0.5, 0.6) is 0 Å². The van der Waals surface area contributed by atoms with Crippen molar-refractivity contribution in [2.45, 2.75) is 31.9 Å². The second kappa shape index (κ2) is 4.19. The van der Waals surface area contributed by atoms with E-state index in [9.17, 15) is 13.2 Å². The largest absolute Gasteiger partial charge is 0.324 e. The van der Waals surface area contributed by atoms with Crippen LogP contribution in [0.2, 0.25) is 0 Å². The molecule has 0 aliphatic rings. The number of hydrogen-bond donors (Lipinski definition) is 1. The normalized spacial score (nSPS) is 12.9. The average molecular weight is 207 g/mol. The minimum absolute atomic E-state index is 0.0239. The molecule has 0 bridgehead atoms. The molecule has 0 atom stereocenters. The van der Waals surface area contributed by atoms with Crippen molar-refractivity contribution < 1.29 is 13.2 Å². The molecule has 0 rings (SSSR count). The summed E-state index contributed by atoms with van der Waals surface area (Å²) in [5.74, 6) is -0.320. The minimum Gasteiger partial charge on any atom is -0.324 e. The average Bonchev–Trinajstić information content (AvgIpc) is 1.98. The van der Waals surface area contributed by atoms with Crippen molar-refractivity contribution in [2.75, 3.05) is 12.3 Å². The third-order valence-electron chi connectivity index (χ3n) is 1.81. The second-order valence-electron chi connectivity index (χ2n) is 3.92. The summed E-state index contributed by atoms with van der Waals surface area (Å²) in [4.78, 5) is 10.8. The first kappa shape index (κ1) is 12.6. The fraction of sp³-hybridized carbons (Fsp3) is 0.875. The highest BCUT2D eigenvalue weighted by molar-refractivity contribution is 7.92. The quantitative estimate of drug-likeness (QED) is 0.710. The molecule has 0 aromatic heterocycles. The smallest absolute Gasteiger partial charge is 0.155 e. The molecule has 78 valence electrons. The molecule has 0 unspecified atom stereocenters. The maximum atomic E-state index is 11.5. The van der Waals surface area contributed by atoms with E-state index in [1.807, 2.05) is 0 Å². The summed E-state index contributed by atoms with van der Waals surface area (Å²) in [6.45, 7) is 4.78. The lowest BCUT2D eigenvalue weighted by Gasteiger charge is -2.18. The Hall–Kier alpha value is -0.420. The molecular formula is C8H17NO3S. The summed E-state index contributed by atoms with van der Waals surface area (Å²) in [5, 5.41) is 0. The summed E-state index contributed by atoms with van der Waals surface area (Å²) < 4.78 is 22.2. The SMILES string of the molecule is CC(C)(C)S(=O)(=O)CCC(=O)CN. The first-order valence-electron chi connectivity index (χ1n) is 4.15. The fourth-order valence-electron chi connectivity index (χ4n) is 0.656. The first-order valence-corrected chi connectivity index (χ1v) is 5.80. The van der Waals surface area contributed by atoms with Crippen LogP contribution in [0.3, 0.4) is 0 Å². The number of sulfone groups is 1. The van der Waals surface area contributed by atoms with E-state index in [4.69, 9.17) is 5.73 Å². The number of carbonyl (C=O) groups is 1. The van der Waals surface area contributed by atoms with E-state index in [0.29, 0.717) is 0 Å². The van der Waals surface area contributed by atoms with Crippen molar-refractivity contribution in [1.29, 1.82) is 0 Å². The number of Topliss-reactive ketones (excluding diaryl/α,β-unsaturated/α-hetero) is 1. The Morgan fingerprint density at radius 2 is 1.77 bits per heavy atom. The third kappa shape index (κ3) is 3.87. The van der Waals surface area contributed by atoms with Gasteiger partial charge in [0, 0.05) is 6.42 Å². The molecule has 0 radical (unpaired) electrons. The van der Waals surface area contributed by atoms with Crippen molar-refractivity contribution in [3.05, 3.63) is 0 Å². The minimum atomic E-state index is -3.18. The number of hydrogen-bond acceptors (Lipinski definition) is 4. The summed E-state index contributed by atoms with van der Waals surface area (Å²) in [6, 6.07) is 0. The van der Waals surface area contributed by atoms with Crippen molar-refractivity contribution in [3.63, 3.8) is 0 Å². The van der Waals surface area contributed by atoms with Crippen molar-refractivity contribution in [2.24, 2.45) is 5.73 Å². The Morgan fingerprint density at radius 3 is 2.08 bits per heavy atom. The van der Waals surface area contributed by atoms with E-state index in [2.05, 4.69) is 0 Å². The lowest BCUT2D eigenvalue weighted by molar-refractivity contribution is -0.117. The molecule has 0 aromatic rings. The number of nitrogens with two attached hydrogens (primary N) is 1. The molecule has 0 aliphatic carbocycles. The fourth-order valence-corrected chi connectivity index (χ4v) is 1.77. The molecule has 4 nitrogen and oxygen atoms in total. The molecular weight excluding hydrogens is 190 g/mol. The molecule has 0 saturated heterocycles. The molecule has 0 aromatic carbocycles. The molecule has 0 fully saturated rings. The molecule has 2 N–H and O–H groups in total. The summed E-state index contributed by atoms with van der Waals surface area (Å²) in [6.07, 6.45) is 0.0239. The molecule has 0 amide bonds. The second-order valence-corrected chi connectivity index (χ2v) is 6.79. The van der Waals surface area contributed by atoms with E-state index < -0.39 is 14.6 Å². The number of carbonyl (C=O) groups excluding carboxylic acids is 1. The van der Waals surface area contributed by atoms with Gasteiger partial charge in [-0.05, 0) is 20.8 Å². The van der Waals surface area contributed by atoms with Crippen LogP contribution in [0, 0.1) is 0 Å². The Balaban J connectivity index is 4.30. The van der Waals surface area contributed by atoms with Crippen LogP contribution < -0.4 is 5.73 Å². The maximum absolute atomic E-state index is 11.5. The highest BCUT2D eigenvalue weighted by atomic mass is 32.2. The van der Waals surface area contributed by atoms with Crippen molar-refractivity contribution in [1.82, 2.24) is 0 Å². The summed E-state index contributed by atoms with van der Waals surface area (Å²) >= 11 is 0. The van der Waals surface area contributed by atoms with Crippen molar-refractivity contribution in [3.8, 4) is 0 Å². The van der Waals surface area contributed by atoms with Gasteiger partial charge in [0.1, 0.15) is 5.78 Å². The Bertz CT molecular complexity index is 274. The summed E-state index contributed by atoms with van der Waals surface area (Å²) in [5.41, 5.74) is 5.07. The van der Waals surface area contributed by atoms with Crippen LogP contribution >= 0.6 is 0 Å². The van der Waals surface area contributed by atoms with E-state index in [1.54, 1.807) is 20.8 Å². The van der Waals surface area contributed by atoms with Gasteiger partial charge in [-0.1, -0.05) is 0 Å². The number of ketones is 1. The lowest BCUT2D eigenvalue weighted by atomic mass is 10.3. The van der Waals surface area contributed by atoms with Gasteiger partial charge in [0.25, 0.3) is 0 Å². The highest BCUT2D eigenvalue weighted by Crippen LogP contribution is 2.16. The van der Waals surface area contributed by atoms with Crippen LogP contribution in [-0.4, -0.2) is 31.2 Å². The predicted octanol–water partition coefficient (Wildman–Crippen LogP) is 0.118. The van der Waals surface area contributed by atoms with Crippen LogP contribution in [-0.2, 0) is 14.6 Å². The van der Waals surface area contributed by atoms with E-state index >= 15 is 0 Å². The van der Waals surface area contributed by atoms with Gasteiger partial charge in [-0.25, -0.2) is 8.42 Å². The van der Waals surface area contributed by atoms with Crippen LogP contribution in [0.25, 0.3) is 0 Å². The summed E-state index contributed by atoms with van der Waals surface area (Å²) in [7, 11) is -3.18. The third-order valence-corrected chi connectivity index (χ3v) is 4.42. The van der Waals surface area contributed by atoms with Gasteiger partial charge in [-0.15, -0.1) is 0 Å². The zero-order chi connectivity index (χ0) is 10.7. The van der Waals surface area contributed by atoms with Gasteiger partial charge in [0.2, 0.25) is 0 Å². The molecule has 0 heterocycles. The number of rotatable bonds is 4. The van der Waals surface area contributed by atoms with Gasteiger partial charge >= 0.3 is 0 Å². The Labute approximate surface area is 79.4 Å². The Kier molecular flexibility index (Phi) is 4.06.